The second-order valence-corrected chi connectivity index (χ2v) is 6.09. The summed E-state index contributed by atoms with van der Waals surface area (Å²) < 4.78 is 14.7. The highest BCUT2D eigenvalue weighted by atomic mass is 16.5. The van der Waals surface area contributed by atoms with E-state index in [9.17, 15) is 9.59 Å². The van der Waals surface area contributed by atoms with Crippen molar-refractivity contribution in [1.82, 2.24) is 18.7 Å². The number of aromatic nitrogens is 4. The fourth-order valence-corrected chi connectivity index (χ4v) is 2.82. The van der Waals surface area contributed by atoms with E-state index in [-0.39, 0.29) is 5.65 Å². The Balaban J connectivity index is 1.91. The predicted octanol–water partition coefficient (Wildman–Crippen LogP) is 0.824. The van der Waals surface area contributed by atoms with Crippen LogP contribution in [0.3, 0.4) is 0 Å². The van der Waals surface area contributed by atoms with Crippen molar-refractivity contribution in [3.63, 3.8) is 0 Å². The largest absolute Gasteiger partial charge is 0.493 e. The minimum absolute atomic E-state index is 0.288. The molecule has 2 aromatic heterocycles. The monoisotopic (exact) mass is 386 g/mol. The first kappa shape index (κ1) is 19.2. The van der Waals surface area contributed by atoms with Gasteiger partial charge in [0.05, 0.1) is 19.9 Å². The minimum atomic E-state index is -0.438. The summed E-state index contributed by atoms with van der Waals surface area (Å²) in [5.41, 5.74) is 3.34. The van der Waals surface area contributed by atoms with Gasteiger partial charge in [-0.05, 0) is 30.7 Å². The van der Waals surface area contributed by atoms with Gasteiger partial charge in [-0.3, -0.25) is 13.9 Å². The molecule has 3 aromatic rings. The van der Waals surface area contributed by atoms with Crippen LogP contribution in [0.4, 0.5) is 5.95 Å². The number of rotatable bonds is 6. The fourth-order valence-electron chi connectivity index (χ4n) is 2.82. The number of hydrogen-bond donors (Lipinski definition) is 1. The van der Waals surface area contributed by atoms with Crippen LogP contribution < -0.4 is 26.1 Å². The van der Waals surface area contributed by atoms with E-state index < -0.39 is 11.2 Å². The predicted molar refractivity (Wildman–Crippen MR) is 107 cm³/mol. The molecule has 2 heterocycles. The van der Waals surface area contributed by atoms with Crippen molar-refractivity contribution in [2.24, 2.45) is 26.2 Å². The lowest BCUT2D eigenvalue weighted by molar-refractivity contribution is 0.311. The summed E-state index contributed by atoms with van der Waals surface area (Å²) in [6.07, 6.45) is 1.59. The Hall–Kier alpha value is -3.56. The quantitative estimate of drug-likeness (QED) is 0.497. The van der Waals surface area contributed by atoms with E-state index in [0.29, 0.717) is 29.6 Å². The molecule has 0 bridgehead atoms. The van der Waals surface area contributed by atoms with Crippen LogP contribution in [0.2, 0.25) is 0 Å². The Morgan fingerprint density at radius 3 is 2.57 bits per heavy atom. The molecular formula is C18H22N6O4. The van der Waals surface area contributed by atoms with Gasteiger partial charge in [0.1, 0.15) is 0 Å². The van der Waals surface area contributed by atoms with Gasteiger partial charge in [0.15, 0.2) is 22.7 Å². The van der Waals surface area contributed by atoms with Crippen molar-refractivity contribution in [2.45, 2.75) is 6.92 Å². The highest BCUT2D eigenvalue weighted by Crippen LogP contribution is 2.27. The Morgan fingerprint density at radius 1 is 1.14 bits per heavy atom. The first-order chi connectivity index (χ1) is 13.4. The Kier molecular flexibility index (Phi) is 5.21. The number of anilines is 1. The van der Waals surface area contributed by atoms with Crippen molar-refractivity contribution in [3.8, 4) is 11.5 Å². The molecule has 0 aliphatic carbocycles. The molecule has 0 aliphatic heterocycles. The van der Waals surface area contributed by atoms with Crippen LogP contribution in [0.15, 0.2) is 32.9 Å². The standard InChI is InChI=1S/C18H22N6O4/c1-6-28-12-8-7-11(9-13(12)27-5)10-19-21-17-20-15-14(22(17)2)16(25)24(4)18(26)23(15)3/h7-10H,6H2,1-5H3,(H,20,21)/b19-10+. The number of aryl methyl sites for hydroxylation is 2. The molecule has 0 radical (unpaired) electrons. The number of ether oxygens (including phenoxy) is 2. The summed E-state index contributed by atoms with van der Waals surface area (Å²) in [7, 11) is 6.25. The summed E-state index contributed by atoms with van der Waals surface area (Å²) in [6, 6.07) is 5.44. The van der Waals surface area contributed by atoms with E-state index in [1.165, 1.54) is 11.6 Å². The zero-order valence-electron chi connectivity index (χ0n) is 16.4. The molecule has 0 atom stereocenters. The first-order valence-electron chi connectivity index (χ1n) is 8.61. The molecule has 0 spiro atoms. The highest BCUT2D eigenvalue weighted by Gasteiger charge is 2.16. The summed E-state index contributed by atoms with van der Waals surface area (Å²) in [4.78, 5) is 28.8. The van der Waals surface area contributed by atoms with Gasteiger partial charge in [-0.15, -0.1) is 0 Å². The maximum atomic E-state index is 12.4. The van der Waals surface area contributed by atoms with Crippen LogP contribution in [0.5, 0.6) is 11.5 Å². The van der Waals surface area contributed by atoms with Crippen molar-refractivity contribution in [1.29, 1.82) is 0 Å². The van der Waals surface area contributed by atoms with Crippen LogP contribution in [0.25, 0.3) is 11.2 Å². The van der Waals surface area contributed by atoms with E-state index >= 15 is 0 Å². The molecule has 10 heteroatoms. The van der Waals surface area contributed by atoms with Gasteiger partial charge in [0, 0.05) is 21.1 Å². The Bertz CT molecular complexity index is 1170. The van der Waals surface area contributed by atoms with E-state index in [1.54, 1.807) is 44.1 Å². The maximum Gasteiger partial charge on any atom is 0.332 e. The molecule has 3 rings (SSSR count). The molecule has 0 saturated heterocycles. The molecular weight excluding hydrogens is 364 g/mol. The van der Waals surface area contributed by atoms with E-state index in [4.69, 9.17) is 9.47 Å². The number of hydrazone groups is 1. The van der Waals surface area contributed by atoms with Gasteiger partial charge >= 0.3 is 5.69 Å². The second kappa shape index (κ2) is 7.59. The van der Waals surface area contributed by atoms with Gasteiger partial charge in [-0.25, -0.2) is 10.2 Å². The fraction of sp³-hybridized carbons (Fsp3) is 0.333. The van der Waals surface area contributed by atoms with Crippen LogP contribution in [0.1, 0.15) is 12.5 Å². The normalized spacial score (nSPS) is 11.3. The summed E-state index contributed by atoms with van der Waals surface area (Å²) in [5, 5.41) is 4.17. The molecule has 148 valence electrons. The topological polar surface area (TPSA) is 105 Å². The number of fused-ring (bicyclic) bond motifs is 1. The van der Waals surface area contributed by atoms with Gasteiger partial charge in [-0.1, -0.05) is 0 Å². The minimum Gasteiger partial charge on any atom is -0.493 e. The number of benzene rings is 1. The third kappa shape index (κ3) is 3.24. The Morgan fingerprint density at radius 2 is 1.89 bits per heavy atom. The molecule has 0 fully saturated rings. The lowest BCUT2D eigenvalue weighted by atomic mass is 10.2. The van der Waals surface area contributed by atoms with E-state index in [0.717, 1.165) is 10.1 Å². The van der Waals surface area contributed by atoms with Crippen molar-refractivity contribution in [3.05, 3.63) is 44.6 Å². The maximum absolute atomic E-state index is 12.4. The Labute approximate surface area is 160 Å². The van der Waals surface area contributed by atoms with Crippen molar-refractivity contribution < 1.29 is 9.47 Å². The number of nitrogens with one attached hydrogen (secondary N) is 1. The average Bonchev–Trinajstić information content (AvgIpc) is 3.02. The number of nitrogens with zero attached hydrogens (tertiary/aromatic N) is 5. The van der Waals surface area contributed by atoms with Gasteiger partial charge in [0.25, 0.3) is 5.56 Å². The number of imidazole rings is 1. The SMILES string of the molecule is CCOc1ccc(/C=N/Nc2nc3c(c(=O)n(C)c(=O)n3C)n2C)cc1OC. The summed E-state index contributed by atoms with van der Waals surface area (Å²) in [6.45, 7) is 2.44. The molecule has 0 saturated carbocycles. The summed E-state index contributed by atoms with van der Waals surface area (Å²) >= 11 is 0. The molecule has 1 N–H and O–H groups in total. The molecule has 28 heavy (non-hydrogen) atoms. The van der Waals surface area contributed by atoms with Crippen LogP contribution in [-0.4, -0.2) is 38.6 Å². The van der Waals surface area contributed by atoms with Gasteiger partial charge < -0.3 is 14.0 Å². The van der Waals surface area contributed by atoms with Crippen molar-refractivity contribution >= 4 is 23.3 Å². The zero-order chi connectivity index (χ0) is 20.4. The van der Waals surface area contributed by atoms with E-state index in [1.807, 2.05) is 13.0 Å². The molecule has 0 aliphatic rings. The lowest BCUT2D eigenvalue weighted by Gasteiger charge is -2.09. The number of methoxy groups -OCH3 is 1. The third-order valence-corrected chi connectivity index (χ3v) is 4.34. The second-order valence-electron chi connectivity index (χ2n) is 6.09. The van der Waals surface area contributed by atoms with Gasteiger partial charge in [-0.2, -0.15) is 10.1 Å². The molecule has 0 unspecified atom stereocenters. The number of hydrogen-bond acceptors (Lipinski definition) is 7. The van der Waals surface area contributed by atoms with Crippen LogP contribution in [0, 0.1) is 0 Å². The average molecular weight is 386 g/mol. The van der Waals surface area contributed by atoms with Gasteiger partial charge in [0.2, 0.25) is 5.95 Å². The van der Waals surface area contributed by atoms with Crippen LogP contribution >= 0.6 is 0 Å². The third-order valence-electron chi connectivity index (χ3n) is 4.34. The van der Waals surface area contributed by atoms with Crippen LogP contribution in [-0.2, 0) is 21.1 Å². The lowest BCUT2D eigenvalue weighted by Crippen LogP contribution is -2.37. The molecule has 0 amide bonds. The molecule has 1 aromatic carbocycles. The zero-order valence-corrected chi connectivity index (χ0v) is 16.4. The molecule has 10 nitrogen and oxygen atoms in total. The highest BCUT2D eigenvalue weighted by molar-refractivity contribution is 5.81. The van der Waals surface area contributed by atoms with E-state index in [2.05, 4.69) is 15.5 Å². The summed E-state index contributed by atoms with van der Waals surface area (Å²) in [5.74, 6) is 1.59. The first-order valence-corrected chi connectivity index (χ1v) is 8.61. The smallest absolute Gasteiger partial charge is 0.332 e. The van der Waals surface area contributed by atoms with Crippen molar-refractivity contribution in [2.75, 3.05) is 19.1 Å².